The maximum Gasteiger partial charge on any atom is 0.379 e. The molecule has 0 aliphatic rings. The number of ether oxygens (including phenoxy) is 2. The molecule has 0 spiro atoms. The number of hydrogen-bond donors (Lipinski definition) is 2. The van der Waals surface area contributed by atoms with Crippen LogP contribution < -0.4 is 10.5 Å². The van der Waals surface area contributed by atoms with E-state index in [0.717, 1.165) is 12.1 Å². The summed E-state index contributed by atoms with van der Waals surface area (Å²) >= 11 is 5.69. The first-order valence-corrected chi connectivity index (χ1v) is 6.00. The Bertz CT molecular complexity index is 510. The van der Waals surface area contributed by atoms with Crippen LogP contribution in [-0.4, -0.2) is 30.7 Å². The smallest absolute Gasteiger partial charge is 0.379 e. The van der Waals surface area contributed by atoms with Gasteiger partial charge in [-0.2, -0.15) is 8.78 Å². The fourth-order valence-corrected chi connectivity index (χ4v) is 1.71. The normalized spacial score (nSPS) is 12.9. The van der Waals surface area contributed by atoms with E-state index in [9.17, 15) is 18.7 Å². The summed E-state index contributed by atoms with van der Waals surface area (Å²) in [7, 11) is 1.23. The molecule has 0 unspecified atom stereocenters. The first-order chi connectivity index (χ1) is 9.25. The van der Waals surface area contributed by atoms with E-state index in [2.05, 4.69) is 4.74 Å². The van der Waals surface area contributed by atoms with Gasteiger partial charge in [0.1, 0.15) is 6.04 Å². The highest BCUT2D eigenvalue weighted by atomic mass is 35.5. The van der Waals surface area contributed by atoms with Crippen molar-refractivity contribution in [2.75, 3.05) is 13.7 Å². The number of nitrogens with two attached hydrogens (primary N) is 1. The van der Waals surface area contributed by atoms with Crippen LogP contribution in [0.25, 0.3) is 0 Å². The number of carbonyl (C=O) groups is 1. The fraction of sp³-hybridized carbons (Fsp3) is 0.417. The highest BCUT2D eigenvalue weighted by Gasteiger charge is 2.48. The number of esters is 1. The zero-order chi connectivity index (χ0) is 15.5. The average Bonchev–Trinajstić information content (AvgIpc) is 2.41. The van der Waals surface area contributed by atoms with Crippen molar-refractivity contribution < 1.29 is 28.2 Å². The molecule has 0 saturated carbocycles. The number of methoxy groups -OCH3 is 1. The summed E-state index contributed by atoms with van der Waals surface area (Å²) < 4.78 is 36.7. The van der Waals surface area contributed by atoms with Gasteiger partial charge in [0.25, 0.3) is 0 Å². The summed E-state index contributed by atoms with van der Waals surface area (Å²) in [6, 6.07) is 0.143. The molecule has 20 heavy (non-hydrogen) atoms. The number of phenolic OH excluding ortho intramolecular Hbond substituents is 1. The molecule has 0 aliphatic heterocycles. The summed E-state index contributed by atoms with van der Waals surface area (Å²) in [5.41, 5.74) is 5.24. The van der Waals surface area contributed by atoms with Gasteiger partial charge in [-0.25, -0.2) is 4.79 Å². The minimum Gasteiger partial charge on any atom is -0.503 e. The molecule has 8 heteroatoms. The molecule has 3 N–H and O–H groups in total. The Balaban J connectivity index is 3.17. The van der Waals surface area contributed by atoms with E-state index in [1.165, 1.54) is 14.0 Å². The molecule has 0 aromatic heterocycles. The predicted octanol–water partition coefficient (Wildman–Crippen LogP) is 2.25. The third-order valence-electron chi connectivity index (χ3n) is 2.57. The molecule has 1 aromatic rings. The molecule has 112 valence electrons. The van der Waals surface area contributed by atoms with Gasteiger partial charge in [0.05, 0.1) is 18.7 Å². The lowest BCUT2D eigenvalue weighted by Crippen LogP contribution is -2.41. The molecule has 0 heterocycles. The summed E-state index contributed by atoms with van der Waals surface area (Å²) in [5, 5.41) is 9.31. The third kappa shape index (κ3) is 3.10. The Kier molecular flexibility index (Phi) is 5.13. The molecule has 0 bridgehead atoms. The average molecular weight is 310 g/mol. The Morgan fingerprint density at radius 3 is 2.65 bits per heavy atom. The number of alkyl halides is 2. The van der Waals surface area contributed by atoms with Gasteiger partial charge in [-0.1, -0.05) is 11.6 Å². The van der Waals surface area contributed by atoms with Gasteiger partial charge in [0.2, 0.25) is 0 Å². The van der Waals surface area contributed by atoms with Crippen LogP contribution in [0.1, 0.15) is 18.5 Å². The van der Waals surface area contributed by atoms with Gasteiger partial charge >= 0.3 is 11.9 Å². The Morgan fingerprint density at radius 2 is 2.15 bits per heavy atom. The van der Waals surface area contributed by atoms with Gasteiger partial charge in [0, 0.05) is 0 Å². The first kappa shape index (κ1) is 16.5. The van der Waals surface area contributed by atoms with Crippen molar-refractivity contribution in [3.05, 3.63) is 22.7 Å². The number of hydrogen-bond acceptors (Lipinski definition) is 5. The van der Waals surface area contributed by atoms with Crippen molar-refractivity contribution in [3.8, 4) is 11.5 Å². The first-order valence-electron chi connectivity index (χ1n) is 5.62. The quantitative estimate of drug-likeness (QED) is 0.815. The van der Waals surface area contributed by atoms with Crippen molar-refractivity contribution >= 4 is 17.6 Å². The number of benzene rings is 1. The van der Waals surface area contributed by atoms with E-state index in [4.69, 9.17) is 22.1 Å². The van der Waals surface area contributed by atoms with Crippen molar-refractivity contribution in [1.82, 2.24) is 0 Å². The van der Waals surface area contributed by atoms with Crippen molar-refractivity contribution in [2.24, 2.45) is 5.73 Å². The Hall–Kier alpha value is -1.60. The summed E-state index contributed by atoms with van der Waals surface area (Å²) in [5.74, 6) is -6.18. The minimum absolute atomic E-state index is 0.123. The fourth-order valence-electron chi connectivity index (χ4n) is 1.49. The van der Waals surface area contributed by atoms with Crippen molar-refractivity contribution in [3.63, 3.8) is 0 Å². The zero-order valence-corrected chi connectivity index (χ0v) is 11.6. The van der Waals surface area contributed by atoms with Crippen molar-refractivity contribution in [1.29, 1.82) is 0 Å². The van der Waals surface area contributed by atoms with E-state index in [0.29, 0.717) is 0 Å². The van der Waals surface area contributed by atoms with E-state index in [-0.39, 0.29) is 22.9 Å². The topological polar surface area (TPSA) is 81.8 Å². The molecule has 0 fully saturated rings. The molecule has 0 amide bonds. The van der Waals surface area contributed by atoms with Gasteiger partial charge in [-0.15, -0.1) is 0 Å². The summed E-state index contributed by atoms with van der Waals surface area (Å²) in [6.45, 7) is 1.21. The van der Waals surface area contributed by atoms with E-state index in [1.54, 1.807) is 0 Å². The van der Waals surface area contributed by atoms with Gasteiger partial charge in [-0.3, -0.25) is 0 Å². The van der Waals surface area contributed by atoms with Crippen LogP contribution in [0.2, 0.25) is 5.02 Å². The molecule has 0 saturated heterocycles. The lowest BCUT2D eigenvalue weighted by atomic mass is 10.0. The lowest BCUT2D eigenvalue weighted by molar-refractivity contribution is -0.174. The number of carbonyl (C=O) groups excluding carboxylic acids is 1. The minimum atomic E-state index is -3.93. The Labute approximate surface area is 119 Å². The number of halogens is 3. The predicted molar refractivity (Wildman–Crippen MR) is 68.2 cm³/mol. The van der Waals surface area contributed by atoms with Crippen LogP contribution in [0.15, 0.2) is 12.1 Å². The Morgan fingerprint density at radius 1 is 1.55 bits per heavy atom. The molecule has 5 nitrogen and oxygen atoms in total. The molecular weight excluding hydrogens is 296 g/mol. The van der Waals surface area contributed by atoms with Crippen LogP contribution in [0.4, 0.5) is 8.78 Å². The number of rotatable bonds is 5. The standard InChI is InChI=1S/C12H14ClF2NO4/c1-3-20-11(18)12(14,15)10(16)6-4-7(13)9(17)8(5-6)19-2/h4-5,10,17H,3,16H2,1-2H3/t10-/m1/s1. The van der Waals surface area contributed by atoms with Crippen LogP contribution in [0.3, 0.4) is 0 Å². The van der Waals surface area contributed by atoms with E-state index in [1.807, 2.05) is 0 Å². The maximum absolute atomic E-state index is 13.8. The second-order valence-corrected chi connectivity index (χ2v) is 4.28. The van der Waals surface area contributed by atoms with Crippen LogP contribution in [-0.2, 0) is 9.53 Å². The SMILES string of the molecule is CCOC(=O)C(F)(F)[C@H](N)c1cc(Cl)c(O)c(OC)c1. The van der Waals surface area contributed by atoms with E-state index < -0.39 is 23.7 Å². The van der Waals surface area contributed by atoms with Crippen LogP contribution >= 0.6 is 11.6 Å². The number of phenols is 1. The van der Waals surface area contributed by atoms with Gasteiger partial charge in [-0.05, 0) is 24.6 Å². The molecule has 1 rings (SSSR count). The van der Waals surface area contributed by atoms with Crippen LogP contribution in [0.5, 0.6) is 11.5 Å². The largest absolute Gasteiger partial charge is 0.503 e. The van der Waals surface area contributed by atoms with Crippen molar-refractivity contribution in [2.45, 2.75) is 18.9 Å². The zero-order valence-electron chi connectivity index (χ0n) is 10.8. The second-order valence-electron chi connectivity index (χ2n) is 3.87. The highest BCUT2D eigenvalue weighted by molar-refractivity contribution is 6.32. The molecule has 1 atom stereocenters. The third-order valence-corrected chi connectivity index (χ3v) is 2.86. The number of aromatic hydroxyl groups is 1. The van der Waals surface area contributed by atoms with Gasteiger partial charge in [0.15, 0.2) is 11.5 Å². The summed E-state index contributed by atoms with van der Waals surface area (Å²) in [6.07, 6.45) is 0. The lowest BCUT2D eigenvalue weighted by Gasteiger charge is -2.22. The molecular formula is C12H14ClF2NO4. The summed E-state index contributed by atoms with van der Waals surface area (Å²) in [4.78, 5) is 11.2. The van der Waals surface area contributed by atoms with Crippen LogP contribution in [0, 0.1) is 0 Å². The van der Waals surface area contributed by atoms with Gasteiger partial charge < -0.3 is 20.3 Å². The highest BCUT2D eigenvalue weighted by Crippen LogP contribution is 2.39. The van der Waals surface area contributed by atoms with E-state index >= 15 is 0 Å². The molecule has 1 aromatic carbocycles. The molecule has 0 radical (unpaired) electrons. The maximum atomic E-state index is 13.8. The monoisotopic (exact) mass is 309 g/mol. The molecule has 0 aliphatic carbocycles. The second kappa shape index (κ2) is 6.23.